The van der Waals surface area contributed by atoms with Crippen LogP contribution >= 0.6 is 39.0 Å². The molecule has 0 aliphatic carbocycles. The maximum atomic E-state index is 4.35. The number of thioether (sulfide) groups is 1. The van der Waals surface area contributed by atoms with Gasteiger partial charge >= 0.3 is 0 Å². The van der Waals surface area contributed by atoms with Crippen molar-refractivity contribution in [3.63, 3.8) is 0 Å². The number of hydrogen-bond donors (Lipinski definition) is 0. The van der Waals surface area contributed by atoms with E-state index in [1.54, 1.807) is 23.1 Å². The lowest BCUT2D eigenvalue weighted by atomic mass is 10.2. The molecule has 0 bridgehead atoms. The van der Waals surface area contributed by atoms with E-state index >= 15 is 0 Å². The molecule has 0 aliphatic rings. The van der Waals surface area contributed by atoms with Crippen molar-refractivity contribution in [2.24, 2.45) is 7.05 Å². The zero-order valence-electron chi connectivity index (χ0n) is 12.4. The fourth-order valence-corrected chi connectivity index (χ4v) is 4.05. The third-order valence-electron chi connectivity index (χ3n) is 3.38. The summed E-state index contributed by atoms with van der Waals surface area (Å²) in [7, 11) is 2.03. The summed E-state index contributed by atoms with van der Waals surface area (Å²) in [5, 5.41) is 11.8. The minimum absolute atomic E-state index is 0.892. The molecule has 1 aromatic carbocycles. The van der Waals surface area contributed by atoms with Crippen LogP contribution in [0.1, 0.15) is 17.4 Å². The number of aromatic nitrogens is 3. The van der Waals surface area contributed by atoms with Gasteiger partial charge in [0.1, 0.15) is 0 Å². The van der Waals surface area contributed by atoms with Crippen LogP contribution in [0.15, 0.2) is 45.3 Å². The van der Waals surface area contributed by atoms with E-state index in [9.17, 15) is 0 Å². The highest BCUT2D eigenvalue weighted by atomic mass is 79.9. The zero-order valence-corrected chi connectivity index (χ0v) is 15.6. The second kappa shape index (κ2) is 6.98. The fourth-order valence-electron chi connectivity index (χ4n) is 2.10. The number of nitrogens with zero attached hydrogens (tertiary/aromatic N) is 3. The first-order valence-electron chi connectivity index (χ1n) is 7.01. The SMILES string of the molecule is CCc1cc(-c2nnc(SCc3ccc(Br)cc3)n2C)cs1. The minimum Gasteiger partial charge on any atom is -0.305 e. The number of halogens is 1. The Hall–Kier alpha value is -1.11. The van der Waals surface area contributed by atoms with E-state index in [1.807, 2.05) is 7.05 Å². The lowest BCUT2D eigenvalue weighted by Crippen LogP contribution is -1.94. The molecule has 22 heavy (non-hydrogen) atoms. The molecule has 0 radical (unpaired) electrons. The summed E-state index contributed by atoms with van der Waals surface area (Å²) in [6.07, 6.45) is 1.06. The van der Waals surface area contributed by atoms with Gasteiger partial charge in [-0.25, -0.2) is 0 Å². The van der Waals surface area contributed by atoms with E-state index in [-0.39, 0.29) is 0 Å². The predicted octanol–water partition coefficient (Wildman–Crippen LogP) is 5.16. The van der Waals surface area contributed by atoms with E-state index in [2.05, 4.69) is 73.3 Å². The molecule has 2 aromatic heterocycles. The van der Waals surface area contributed by atoms with Crippen molar-refractivity contribution < 1.29 is 0 Å². The van der Waals surface area contributed by atoms with Crippen LogP contribution in [-0.4, -0.2) is 14.8 Å². The second-order valence-corrected chi connectivity index (χ2v) is 7.79. The van der Waals surface area contributed by atoms with Crippen molar-refractivity contribution >= 4 is 39.0 Å². The highest BCUT2D eigenvalue weighted by Gasteiger charge is 2.12. The third-order valence-corrected chi connectivity index (χ3v) is 6.08. The normalized spacial score (nSPS) is 11.0. The fraction of sp³-hybridized carbons (Fsp3) is 0.250. The highest BCUT2D eigenvalue weighted by Crippen LogP contribution is 2.28. The van der Waals surface area contributed by atoms with Gasteiger partial charge in [-0.05, 0) is 30.2 Å². The van der Waals surface area contributed by atoms with E-state index < -0.39 is 0 Å². The molecule has 0 amide bonds. The van der Waals surface area contributed by atoms with Crippen molar-refractivity contribution in [2.45, 2.75) is 24.3 Å². The van der Waals surface area contributed by atoms with Gasteiger partial charge in [0.2, 0.25) is 0 Å². The van der Waals surface area contributed by atoms with Crippen molar-refractivity contribution in [3.05, 3.63) is 50.6 Å². The maximum absolute atomic E-state index is 4.35. The van der Waals surface area contributed by atoms with Gasteiger partial charge in [-0.15, -0.1) is 21.5 Å². The molecular weight excluding hydrogens is 378 g/mol. The molecule has 0 spiro atoms. The summed E-state index contributed by atoms with van der Waals surface area (Å²) in [5.74, 6) is 1.83. The van der Waals surface area contributed by atoms with Crippen LogP contribution in [0.2, 0.25) is 0 Å². The summed E-state index contributed by atoms with van der Waals surface area (Å²) in [4.78, 5) is 1.38. The molecular formula is C16H16BrN3S2. The van der Waals surface area contributed by atoms with Crippen LogP contribution in [0.5, 0.6) is 0 Å². The van der Waals surface area contributed by atoms with Gasteiger partial charge in [0.05, 0.1) is 0 Å². The maximum Gasteiger partial charge on any atom is 0.191 e. The van der Waals surface area contributed by atoms with Gasteiger partial charge in [-0.1, -0.05) is 46.7 Å². The molecule has 0 atom stereocenters. The first kappa shape index (κ1) is 15.8. The Bertz CT molecular complexity index is 762. The minimum atomic E-state index is 0.892. The summed E-state index contributed by atoms with van der Waals surface area (Å²) >= 11 is 6.95. The van der Waals surface area contributed by atoms with Crippen molar-refractivity contribution in [2.75, 3.05) is 0 Å². The molecule has 6 heteroatoms. The summed E-state index contributed by atoms with van der Waals surface area (Å²) in [6.45, 7) is 2.17. The Balaban J connectivity index is 1.74. The van der Waals surface area contributed by atoms with Crippen LogP contribution in [0, 0.1) is 0 Å². The van der Waals surface area contributed by atoms with E-state index in [1.165, 1.54) is 10.4 Å². The molecule has 0 aliphatic heterocycles. The van der Waals surface area contributed by atoms with Crippen molar-refractivity contribution in [1.29, 1.82) is 0 Å². The molecule has 114 valence electrons. The molecule has 3 rings (SSSR count). The lowest BCUT2D eigenvalue weighted by Gasteiger charge is -2.03. The number of hydrogen-bond acceptors (Lipinski definition) is 4. The lowest BCUT2D eigenvalue weighted by molar-refractivity contribution is 0.794. The van der Waals surface area contributed by atoms with E-state index in [0.29, 0.717) is 0 Å². The van der Waals surface area contributed by atoms with Crippen LogP contribution in [0.4, 0.5) is 0 Å². The third kappa shape index (κ3) is 3.45. The summed E-state index contributed by atoms with van der Waals surface area (Å²) in [5.41, 5.74) is 2.44. The van der Waals surface area contributed by atoms with Crippen LogP contribution in [0.3, 0.4) is 0 Å². The highest BCUT2D eigenvalue weighted by molar-refractivity contribution is 9.10. The Morgan fingerprint density at radius 2 is 2.00 bits per heavy atom. The number of rotatable bonds is 5. The average Bonchev–Trinajstić information content (AvgIpc) is 3.13. The first-order valence-corrected chi connectivity index (χ1v) is 9.67. The molecule has 0 N–H and O–H groups in total. The van der Waals surface area contributed by atoms with Crippen LogP contribution < -0.4 is 0 Å². The van der Waals surface area contributed by atoms with Crippen molar-refractivity contribution in [3.8, 4) is 11.4 Å². The van der Waals surface area contributed by atoms with Crippen molar-refractivity contribution in [1.82, 2.24) is 14.8 Å². The molecule has 3 nitrogen and oxygen atoms in total. The number of benzene rings is 1. The smallest absolute Gasteiger partial charge is 0.191 e. The first-order chi connectivity index (χ1) is 10.7. The molecule has 2 heterocycles. The van der Waals surface area contributed by atoms with Gasteiger partial charge in [-0.3, -0.25) is 0 Å². The Labute approximate surface area is 146 Å². The molecule has 0 fully saturated rings. The zero-order chi connectivity index (χ0) is 15.5. The predicted molar refractivity (Wildman–Crippen MR) is 97.4 cm³/mol. The molecule has 0 saturated heterocycles. The largest absolute Gasteiger partial charge is 0.305 e. The Kier molecular flexibility index (Phi) is 5.00. The topological polar surface area (TPSA) is 30.7 Å². The van der Waals surface area contributed by atoms with Gasteiger partial charge in [0.15, 0.2) is 11.0 Å². The molecule has 3 aromatic rings. The second-order valence-electron chi connectivity index (χ2n) is 4.94. The number of aryl methyl sites for hydroxylation is 1. The average molecular weight is 394 g/mol. The molecule has 0 saturated carbocycles. The van der Waals surface area contributed by atoms with Gasteiger partial charge in [-0.2, -0.15) is 0 Å². The monoisotopic (exact) mass is 393 g/mol. The van der Waals surface area contributed by atoms with E-state index in [0.717, 1.165) is 33.2 Å². The molecule has 0 unspecified atom stereocenters. The van der Waals surface area contributed by atoms with Crippen LogP contribution in [0.25, 0.3) is 11.4 Å². The van der Waals surface area contributed by atoms with Crippen LogP contribution in [-0.2, 0) is 19.2 Å². The Morgan fingerprint density at radius 1 is 1.23 bits per heavy atom. The van der Waals surface area contributed by atoms with Gasteiger partial charge in [0.25, 0.3) is 0 Å². The quantitative estimate of drug-likeness (QED) is 0.560. The summed E-state index contributed by atoms with van der Waals surface area (Å²) < 4.78 is 3.18. The summed E-state index contributed by atoms with van der Waals surface area (Å²) in [6, 6.07) is 10.6. The van der Waals surface area contributed by atoms with Gasteiger partial charge < -0.3 is 4.57 Å². The number of thiophene rings is 1. The Morgan fingerprint density at radius 3 is 2.68 bits per heavy atom. The van der Waals surface area contributed by atoms with E-state index in [4.69, 9.17) is 0 Å². The van der Waals surface area contributed by atoms with Gasteiger partial charge in [0, 0.05) is 33.1 Å². The standard InChI is InChI=1S/C16H16BrN3S2/c1-3-14-8-12(10-21-14)15-18-19-16(20(15)2)22-9-11-4-6-13(17)7-5-11/h4-8,10H,3,9H2,1-2H3.